The van der Waals surface area contributed by atoms with E-state index in [0.29, 0.717) is 16.5 Å². The van der Waals surface area contributed by atoms with Gasteiger partial charge < -0.3 is 19.6 Å². The number of rotatable bonds is 7. The average molecular weight is 324 g/mol. The second-order valence-corrected chi connectivity index (χ2v) is 5.50. The Hall–Kier alpha value is -2.19. The van der Waals surface area contributed by atoms with Gasteiger partial charge in [-0.3, -0.25) is 4.79 Å². The summed E-state index contributed by atoms with van der Waals surface area (Å²) in [6, 6.07) is 2.59. The molecule has 2 heterocycles. The van der Waals surface area contributed by atoms with Crippen LogP contribution in [-0.2, 0) is 20.7 Å². The number of hydrogen-bond acceptors (Lipinski definition) is 6. The fourth-order valence-corrected chi connectivity index (χ4v) is 2.58. The lowest BCUT2D eigenvalue weighted by atomic mass is 10.2. The number of nitrogens with one attached hydrogen (secondary N) is 1. The molecule has 2 N–H and O–H groups in total. The first-order valence-electron chi connectivity index (χ1n) is 6.52. The van der Waals surface area contributed by atoms with Crippen molar-refractivity contribution in [1.82, 2.24) is 10.3 Å². The lowest BCUT2D eigenvalue weighted by Crippen LogP contribution is -2.44. The van der Waals surface area contributed by atoms with Gasteiger partial charge in [0.2, 0.25) is 5.91 Å². The minimum Gasteiger partial charge on any atom is -0.480 e. The van der Waals surface area contributed by atoms with Crippen LogP contribution >= 0.6 is 11.3 Å². The highest BCUT2D eigenvalue weighted by molar-refractivity contribution is 7.13. The van der Waals surface area contributed by atoms with Gasteiger partial charge in [0.1, 0.15) is 5.76 Å². The first-order chi connectivity index (χ1) is 10.5. The molecule has 0 radical (unpaired) electrons. The molecule has 2 aromatic heterocycles. The van der Waals surface area contributed by atoms with E-state index in [1.54, 1.807) is 5.38 Å². The predicted octanol–water partition coefficient (Wildman–Crippen LogP) is 1.47. The average Bonchev–Trinajstić information content (AvgIpc) is 3.07. The Balaban J connectivity index is 1.97. The first-order valence-corrected chi connectivity index (χ1v) is 7.40. The van der Waals surface area contributed by atoms with Crippen molar-refractivity contribution in [2.24, 2.45) is 0 Å². The number of carbonyl (C=O) groups is 2. The molecule has 0 aliphatic rings. The SMILES string of the molecule is COCC(NC(=O)Cc1csc(-c2ccc(C)o2)n1)C(=O)O. The molecule has 1 unspecified atom stereocenters. The topological polar surface area (TPSA) is 102 Å². The molecule has 0 aliphatic carbocycles. The van der Waals surface area contributed by atoms with E-state index < -0.39 is 17.9 Å². The molecule has 7 nitrogen and oxygen atoms in total. The van der Waals surface area contributed by atoms with E-state index >= 15 is 0 Å². The standard InChI is InChI=1S/C14H16N2O5S/c1-8-3-4-11(21-8)13-15-9(7-22-13)5-12(17)16-10(6-20-2)14(18)19/h3-4,7,10H,5-6H2,1-2H3,(H,16,17)(H,18,19). The molecule has 1 atom stereocenters. The number of aliphatic carboxylic acids is 1. The Morgan fingerprint density at radius 1 is 1.50 bits per heavy atom. The smallest absolute Gasteiger partial charge is 0.328 e. The molecular weight excluding hydrogens is 308 g/mol. The van der Waals surface area contributed by atoms with Crippen LogP contribution in [0.5, 0.6) is 0 Å². The lowest BCUT2D eigenvalue weighted by molar-refractivity contribution is -0.143. The highest BCUT2D eigenvalue weighted by atomic mass is 32.1. The van der Waals surface area contributed by atoms with E-state index in [4.69, 9.17) is 14.3 Å². The van der Waals surface area contributed by atoms with Crippen LogP contribution in [0.1, 0.15) is 11.5 Å². The quantitative estimate of drug-likeness (QED) is 0.799. The molecular formula is C14H16N2O5S. The number of carboxylic acid groups (broad SMARTS) is 1. The third kappa shape index (κ3) is 4.15. The maximum atomic E-state index is 11.9. The highest BCUT2D eigenvalue weighted by Gasteiger charge is 2.20. The Morgan fingerprint density at radius 3 is 2.86 bits per heavy atom. The number of hydrogen-bond donors (Lipinski definition) is 2. The Bertz CT molecular complexity index is 664. The summed E-state index contributed by atoms with van der Waals surface area (Å²) in [4.78, 5) is 27.1. The maximum Gasteiger partial charge on any atom is 0.328 e. The fraction of sp³-hybridized carbons (Fsp3) is 0.357. The van der Waals surface area contributed by atoms with Crippen molar-refractivity contribution in [2.45, 2.75) is 19.4 Å². The molecule has 0 aromatic carbocycles. The van der Waals surface area contributed by atoms with Crippen LogP contribution in [0.3, 0.4) is 0 Å². The number of thiazole rings is 1. The van der Waals surface area contributed by atoms with Gasteiger partial charge in [0.25, 0.3) is 0 Å². The van der Waals surface area contributed by atoms with Crippen molar-refractivity contribution >= 4 is 23.2 Å². The monoisotopic (exact) mass is 324 g/mol. The third-order valence-corrected chi connectivity index (χ3v) is 3.72. The van der Waals surface area contributed by atoms with Crippen LogP contribution in [0, 0.1) is 6.92 Å². The summed E-state index contributed by atoms with van der Waals surface area (Å²) >= 11 is 1.37. The molecule has 0 saturated heterocycles. The molecule has 0 bridgehead atoms. The first kappa shape index (κ1) is 16.2. The van der Waals surface area contributed by atoms with Gasteiger partial charge in [0, 0.05) is 12.5 Å². The number of furan rings is 1. The van der Waals surface area contributed by atoms with Crippen molar-refractivity contribution < 1.29 is 23.8 Å². The zero-order chi connectivity index (χ0) is 16.1. The van der Waals surface area contributed by atoms with Crippen molar-refractivity contribution in [2.75, 3.05) is 13.7 Å². The molecule has 2 aromatic rings. The zero-order valence-electron chi connectivity index (χ0n) is 12.2. The predicted molar refractivity (Wildman–Crippen MR) is 79.7 cm³/mol. The summed E-state index contributed by atoms with van der Waals surface area (Å²) in [5.74, 6) is -0.123. The lowest BCUT2D eigenvalue weighted by Gasteiger charge is -2.12. The molecule has 0 spiro atoms. The number of amides is 1. The second-order valence-electron chi connectivity index (χ2n) is 4.64. The number of ether oxygens (including phenoxy) is 1. The van der Waals surface area contributed by atoms with Crippen LogP contribution < -0.4 is 5.32 Å². The van der Waals surface area contributed by atoms with Gasteiger partial charge in [-0.2, -0.15) is 0 Å². The molecule has 2 rings (SSSR count). The van der Waals surface area contributed by atoms with E-state index in [1.165, 1.54) is 18.4 Å². The zero-order valence-corrected chi connectivity index (χ0v) is 13.0. The van der Waals surface area contributed by atoms with E-state index in [9.17, 15) is 9.59 Å². The Morgan fingerprint density at radius 2 is 2.27 bits per heavy atom. The summed E-state index contributed by atoms with van der Waals surface area (Å²) in [5.41, 5.74) is 0.563. The fourth-order valence-electron chi connectivity index (χ4n) is 1.80. The number of aryl methyl sites for hydroxylation is 1. The molecule has 0 fully saturated rings. The number of carbonyl (C=O) groups excluding carboxylic acids is 1. The van der Waals surface area contributed by atoms with Gasteiger partial charge in [0.15, 0.2) is 16.8 Å². The summed E-state index contributed by atoms with van der Waals surface area (Å²) < 4.78 is 10.2. The largest absolute Gasteiger partial charge is 0.480 e. The van der Waals surface area contributed by atoms with Crippen molar-refractivity contribution in [3.05, 3.63) is 29.0 Å². The minimum absolute atomic E-state index is 0.00366. The normalized spacial score (nSPS) is 12.1. The van der Waals surface area contributed by atoms with Crippen LogP contribution in [0.4, 0.5) is 0 Å². The van der Waals surface area contributed by atoms with Gasteiger partial charge in [-0.1, -0.05) is 0 Å². The van der Waals surface area contributed by atoms with Crippen LogP contribution in [0.15, 0.2) is 21.9 Å². The van der Waals surface area contributed by atoms with Crippen molar-refractivity contribution in [3.63, 3.8) is 0 Å². The number of carboxylic acids is 1. The summed E-state index contributed by atoms with van der Waals surface area (Å²) in [7, 11) is 1.38. The van der Waals surface area contributed by atoms with Gasteiger partial charge in [-0.15, -0.1) is 11.3 Å². The summed E-state index contributed by atoms with van der Waals surface area (Å²) in [6.07, 6.45) is 0.00366. The summed E-state index contributed by atoms with van der Waals surface area (Å²) in [6.45, 7) is 1.75. The number of nitrogens with zero attached hydrogens (tertiary/aromatic N) is 1. The summed E-state index contributed by atoms with van der Waals surface area (Å²) in [5, 5.41) is 13.8. The van der Waals surface area contributed by atoms with Gasteiger partial charge in [-0.05, 0) is 19.1 Å². The molecule has 118 valence electrons. The highest BCUT2D eigenvalue weighted by Crippen LogP contribution is 2.25. The maximum absolute atomic E-state index is 11.9. The van der Waals surface area contributed by atoms with Crippen molar-refractivity contribution in [3.8, 4) is 10.8 Å². The molecule has 0 saturated carbocycles. The minimum atomic E-state index is -1.14. The Kier molecular flexibility index (Phi) is 5.29. The van der Waals surface area contributed by atoms with Crippen molar-refractivity contribution in [1.29, 1.82) is 0 Å². The van der Waals surface area contributed by atoms with Crippen LogP contribution in [0.25, 0.3) is 10.8 Å². The molecule has 0 aliphatic heterocycles. The number of aromatic nitrogens is 1. The van der Waals surface area contributed by atoms with Gasteiger partial charge in [0.05, 0.1) is 18.7 Å². The van der Waals surface area contributed by atoms with Crippen LogP contribution in [-0.4, -0.2) is 41.7 Å². The third-order valence-electron chi connectivity index (χ3n) is 2.81. The Labute approximate surface area is 130 Å². The van der Waals surface area contributed by atoms with E-state index in [1.807, 2.05) is 19.1 Å². The van der Waals surface area contributed by atoms with Crippen LogP contribution in [0.2, 0.25) is 0 Å². The van der Waals surface area contributed by atoms with Gasteiger partial charge >= 0.3 is 5.97 Å². The molecule has 1 amide bonds. The molecule has 8 heteroatoms. The molecule has 22 heavy (non-hydrogen) atoms. The van der Waals surface area contributed by atoms with Gasteiger partial charge in [-0.25, -0.2) is 9.78 Å². The van der Waals surface area contributed by atoms with E-state index in [0.717, 1.165) is 5.76 Å². The number of methoxy groups -OCH3 is 1. The second kappa shape index (κ2) is 7.19. The van der Waals surface area contributed by atoms with E-state index in [2.05, 4.69) is 10.3 Å². The van der Waals surface area contributed by atoms with E-state index in [-0.39, 0.29) is 13.0 Å².